The Hall–Kier alpha value is -0.750. The minimum atomic E-state index is 0.392. The topological polar surface area (TPSA) is 52.0 Å². The quantitative estimate of drug-likeness (QED) is 0.812. The van der Waals surface area contributed by atoms with Gasteiger partial charge in [0.15, 0.2) is 11.6 Å². The maximum atomic E-state index is 6.18. The molecule has 0 aliphatic heterocycles. The molecule has 0 radical (unpaired) electrons. The van der Waals surface area contributed by atoms with Crippen LogP contribution in [0.1, 0.15) is 5.56 Å². The van der Waals surface area contributed by atoms with Crippen LogP contribution < -0.4 is 5.73 Å². The third-order valence-corrected chi connectivity index (χ3v) is 3.64. The number of aryl methyl sites for hydroxylation is 1. The first-order chi connectivity index (χ1) is 7.11. The van der Waals surface area contributed by atoms with Gasteiger partial charge in [-0.25, -0.2) is 0 Å². The molecule has 5 heteroatoms. The van der Waals surface area contributed by atoms with E-state index in [1.54, 1.807) is 0 Å². The molecule has 2 N–H and O–H groups in total. The lowest BCUT2D eigenvalue weighted by molar-refractivity contribution is 0.435. The van der Waals surface area contributed by atoms with Crippen molar-refractivity contribution in [3.8, 4) is 11.3 Å². The van der Waals surface area contributed by atoms with Gasteiger partial charge in [0.05, 0.1) is 5.02 Å². The van der Waals surface area contributed by atoms with E-state index < -0.39 is 0 Å². The first kappa shape index (κ1) is 10.8. The molecule has 0 saturated heterocycles. The molecule has 0 aliphatic rings. The summed E-state index contributed by atoms with van der Waals surface area (Å²) in [5, 5.41) is 4.37. The summed E-state index contributed by atoms with van der Waals surface area (Å²) in [4.78, 5) is 0. The van der Waals surface area contributed by atoms with Gasteiger partial charge >= 0.3 is 0 Å². The van der Waals surface area contributed by atoms with Crippen molar-refractivity contribution in [3.63, 3.8) is 0 Å². The van der Waals surface area contributed by atoms with Crippen LogP contribution in [0.3, 0.4) is 0 Å². The van der Waals surface area contributed by atoms with E-state index in [0.717, 1.165) is 14.7 Å². The molecule has 3 nitrogen and oxygen atoms in total. The first-order valence-corrected chi connectivity index (χ1v) is 5.73. The van der Waals surface area contributed by atoms with E-state index in [2.05, 4.69) is 27.7 Å². The predicted molar refractivity (Wildman–Crippen MR) is 68.8 cm³/mol. The average Bonchev–Trinajstić information content (AvgIpc) is 2.53. The van der Waals surface area contributed by atoms with Gasteiger partial charge in [0, 0.05) is 5.56 Å². The highest BCUT2D eigenvalue weighted by Crippen LogP contribution is 2.35. The second-order valence-corrected chi connectivity index (χ2v) is 4.60. The Bertz CT molecular complexity index is 510. The van der Waals surface area contributed by atoms with E-state index >= 15 is 0 Å². The molecule has 0 spiro atoms. The van der Waals surface area contributed by atoms with Crippen LogP contribution in [-0.2, 0) is 0 Å². The normalized spacial score (nSPS) is 10.6. The molecule has 2 aromatic rings. The fourth-order valence-electron chi connectivity index (χ4n) is 1.28. The van der Waals surface area contributed by atoms with Crippen LogP contribution in [0, 0.1) is 10.5 Å². The number of halogens is 2. The van der Waals surface area contributed by atoms with Crippen molar-refractivity contribution in [3.05, 3.63) is 32.4 Å². The van der Waals surface area contributed by atoms with Gasteiger partial charge in [-0.2, -0.15) is 0 Å². The lowest BCUT2D eigenvalue weighted by atomic mass is 10.1. The SMILES string of the molecule is Cc1cccc(-c2onc(N)c2I)c1Cl. The van der Waals surface area contributed by atoms with Crippen LogP contribution in [0.25, 0.3) is 11.3 Å². The van der Waals surface area contributed by atoms with Crippen LogP contribution in [0.2, 0.25) is 5.02 Å². The molecule has 0 atom stereocenters. The summed E-state index contributed by atoms with van der Waals surface area (Å²) in [7, 11) is 0. The van der Waals surface area contributed by atoms with E-state index in [0.29, 0.717) is 16.6 Å². The number of benzene rings is 1. The number of nitrogens with zero attached hydrogens (tertiary/aromatic N) is 1. The molecule has 0 saturated carbocycles. The van der Waals surface area contributed by atoms with E-state index in [4.69, 9.17) is 21.9 Å². The number of nitrogens with two attached hydrogens (primary N) is 1. The third kappa shape index (κ3) is 1.83. The summed E-state index contributed by atoms with van der Waals surface area (Å²) >= 11 is 8.27. The molecule has 1 heterocycles. The van der Waals surface area contributed by atoms with E-state index in [1.165, 1.54) is 0 Å². The summed E-state index contributed by atoms with van der Waals surface area (Å²) in [6.07, 6.45) is 0. The molecule has 15 heavy (non-hydrogen) atoms. The molecule has 0 bridgehead atoms. The van der Waals surface area contributed by atoms with Gasteiger partial charge in [-0.15, -0.1) is 0 Å². The molecule has 1 aromatic carbocycles. The lowest BCUT2D eigenvalue weighted by Gasteiger charge is -2.03. The fraction of sp³-hybridized carbons (Fsp3) is 0.100. The number of nitrogen functional groups attached to an aromatic ring is 1. The molecule has 0 amide bonds. The Morgan fingerprint density at radius 2 is 2.20 bits per heavy atom. The minimum Gasteiger partial charge on any atom is -0.380 e. The van der Waals surface area contributed by atoms with E-state index in [9.17, 15) is 0 Å². The number of aromatic nitrogens is 1. The molecule has 0 aliphatic carbocycles. The number of rotatable bonds is 1. The summed E-state index contributed by atoms with van der Waals surface area (Å²) in [5.74, 6) is 1.02. The molecule has 2 rings (SSSR count). The predicted octanol–water partition coefficient (Wildman–Crippen LogP) is 3.49. The van der Waals surface area contributed by atoms with Crippen LogP contribution in [0.4, 0.5) is 5.82 Å². The number of anilines is 1. The molecule has 78 valence electrons. The zero-order valence-electron chi connectivity index (χ0n) is 7.92. The Balaban J connectivity index is 2.64. The van der Waals surface area contributed by atoms with Crippen molar-refractivity contribution >= 4 is 40.0 Å². The molecule has 0 fully saturated rings. The van der Waals surface area contributed by atoms with Gasteiger partial charge in [-0.1, -0.05) is 28.9 Å². The van der Waals surface area contributed by atoms with Crippen LogP contribution in [0.15, 0.2) is 22.7 Å². The van der Waals surface area contributed by atoms with Crippen molar-refractivity contribution in [2.75, 3.05) is 5.73 Å². The Labute approximate surface area is 106 Å². The highest BCUT2D eigenvalue weighted by Gasteiger charge is 2.16. The Morgan fingerprint density at radius 1 is 1.47 bits per heavy atom. The highest BCUT2D eigenvalue weighted by atomic mass is 127. The van der Waals surface area contributed by atoms with Gasteiger partial charge in [0.25, 0.3) is 0 Å². The Morgan fingerprint density at radius 3 is 2.80 bits per heavy atom. The zero-order valence-corrected chi connectivity index (χ0v) is 10.8. The zero-order chi connectivity index (χ0) is 11.0. The minimum absolute atomic E-state index is 0.392. The van der Waals surface area contributed by atoms with E-state index in [1.807, 2.05) is 25.1 Å². The summed E-state index contributed by atoms with van der Waals surface area (Å²) in [5.41, 5.74) is 7.43. The number of hydrogen-bond donors (Lipinski definition) is 1. The van der Waals surface area contributed by atoms with Gasteiger partial charge in [0.1, 0.15) is 3.57 Å². The maximum Gasteiger partial charge on any atom is 0.183 e. The maximum absolute atomic E-state index is 6.18. The molecular weight excluding hydrogens is 326 g/mol. The summed E-state index contributed by atoms with van der Waals surface area (Å²) in [6.45, 7) is 1.94. The van der Waals surface area contributed by atoms with Crippen molar-refractivity contribution in [2.45, 2.75) is 6.92 Å². The summed E-state index contributed by atoms with van der Waals surface area (Å²) in [6, 6.07) is 5.75. The van der Waals surface area contributed by atoms with Gasteiger partial charge < -0.3 is 10.3 Å². The van der Waals surface area contributed by atoms with Crippen LogP contribution >= 0.6 is 34.2 Å². The van der Waals surface area contributed by atoms with Crippen LogP contribution in [0.5, 0.6) is 0 Å². The van der Waals surface area contributed by atoms with Crippen molar-refractivity contribution < 1.29 is 4.52 Å². The fourth-order valence-corrected chi connectivity index (χ4v) is 1.98. The smallest absolute Gasteiger partial charge is 0.183 e. The lowest BCUT2D eigenvalue weighted by Crippen LogP contribution is -1.87. The van der Waals surface area contributed by atoms with Crippen molar-refractivity contribution in [1.82, 2.24) is 5.16 Å². The Kier molecular flexibility index (Phi) is 2.88. The first-order valence-electron chi connectivity index (χ1n) is 4.27. The van der Waals surface area contributed by atoms with Gasteiger partial charge in [-0.05, 0) is 41.1 Å². The van der Waals surface area contributed by atoms with E-state index in [-0.39, 0.29) is 0 Å². The average molecular weight is 335 g/mol. The van der Waals surface area contributed by atoms with Gasteiger partial charge in [-0.3, -0.25) is 0 Å². The van der Waals surface area contributed by atoms with Crippen molar-refractivity contribution in [2.24, 2.45) is 0 Å². The molecular formula is C10H8ClIN2O. The monoisotopic (exact) mass is 334 g/mol. The van der Waals surface area contributed by atoms with Crippen LogP contribution in [-0.4, -0.2) is 5.16 Å². The summed E-state index contributed by atoms with van der Waals surface area (Å²) < 4.78 is 5.94. The number of hydrogen-bond acceptors (Lipinski definition) is 3. The highest BCUT2D eigenvalue weighted by molar-refractivity contribution is 14.1. The molecule has 1 aromatic heterocycles. The second kappa shape index (κ2) is 4.02. The second-order valence-electron chi connectivity index (χ2n) is 3.15. The largest absolute Gasteiger partial charge is 0.380 e. The third-order valence-electron chi connectivity index (χ3n) is 2.10. The van der Waals surface area contributed by atoms with Gasteiger partial charge in [0.2, 0.25) is 0 Å². The van der Waals surface area contributed by atoms with Crippen molar-refractivity contribution in [1.29, 1.82) is 0 Å². The standard InChI is InChI=1S/C10H8ClIN2O/c1-5-3-2-4-6(7(5)11)9-8(12)10(13)14-15-9/h2-4H,1H3,(H2,13,14). The molecule has 0 unspecified atom stereocenters.